The molecule has 1 atom stereocenters. The molecule has 5 nitrogen and oxygen atoms in total. The molecule has 0 aliphatic carbocycles. The normalized spacial score (nSPS) is 19.1. The Bertz CT molecular complexity index is 442. The van der Waals surface area contributed by atoms with E-state index in [9.17, 15) is 4.21 Å². The van der Waals surface area contributed by atoms with Crippen LogP contribution < -0.4 is 5.14 Å². The number of allylic oxidation sites excluding steroid dienone is 1. The number of nitrogens with one attached hydrogen (secondary N) is 1. The van der Waals surface area contributed by atoms with E-state index in [1.54, 1.807) is 4.57 Å². The molecule has 0 amide bonds. The third kappa shape index (κ3) is 0.961. The van der Waals surface area contributed by atoms with Gasteiger partial charge in [-0.15, -0.1) is 0 Å². The van der Waals surface area contributed by atoms with Gasteiger partial charge in [-0.1, -0.05) is 6.08 Å². The minimum Gasteiger partial charge on any atom is -0.312 e. The van der Waals surface area contributed by atoms with Gasteiger partial charge in [-0.25, -0.2) is 19.1 Å². The lowest BCUT2D eigenvalue weighted by molar-refractivity contribution is 0.659. The van der Waals surface area contributed by atoms with Gasteiger partial charge in [0.05, 0.1) is 6.20 Å². The minimum absolute atomic E-state index is 0.294. The summed E-state index contributed by atoms with van der Waals surface area (Å²) in [6, 6.07) is 0. The molecule has 0 saturated carbocycles. The first-order valence-electron chi connectivity index (χ1n) is 3.37. The van der Waals surface area contributed by atoms with Gasteiger partial charge in [0.2, 0.25) is 0 Å². The zero-order valence-corrected chi connectivity index (χ0v) is 7.04. The maximum atomic E-state index is 11.2. The third-order valence-electron chi connectivity index (χ3n) is 1.72. The van der Waals surface area contributed by atoms with Gasteiger partial charge in [0.25, 0.3) is 0 Å². The van der Waals surface area contributed by atoms with Crippen LogP contribution in [0.1, 0.15) is 5.82 Å². The maximum absolute atomic E-state index is 11.2. The average Bonchev–Trinajstić information content (AvgIpc) is 2.37. The molecule has 1 aliphatic heterocycles. The summed E-state index contributed by atoms with van der Waals surface area (Å²) >= 11 is 0. The second-order valence-electron chi connectivity index (χ2n) is 2.57. The van der Waals surface area contributed by atoms with Crippen LogP contribution in [0.2, 0.25) is 0 Å². The largest absolute Gasteiger partial charge is 0.312 e. The fraction of sp³-hybridized carbons (Fsp3) is 0.167. The molecule has 3 N–H and O–H groups in total. The Kier molecular flexibility index (Phi) is 1.36. The topological polar surface area (TPSA) is 84.8 Å². The number of rotatable bonds is 1. The highest BCUT2D eigenvalue weighted by Gasteiger charge is 2.16. The number of hydrogen-bond acceptors (Lipinski definition) is 3. The molecule has 1 unspecified atom stereocenters. The molecule has 1 aromatic rings. The van der Waals surface area contributed by atoms with Crippen molar-refractivity contribution >= 4 is 16.0 Å². The van der Waals surface area contributed by atoms with Crippen molar-refractivity contribution in [2.75, 3.05) is 0 Å². The molecule has 2 rings (SSSR count). The van der Waals surface area contributed by atoms with Gasteiger partial charge in [-0.05, 0) is 6.08 Å². The van der Waals surface area contributed by atoms with E-state index in [0.29, 0.717) is 11.6 Å². The fourth-order valence-corrected chi connectivity index (χ4v) is 1.90. The zero-order chi connectivity index (χ0) is 8.77. The number of nitrogens with zero attached hydrogens (tertiary/aromatic N) is 2. The molecular formula is C6H8N4OS. The number of fused-ring (bicyclic) bond motifs is 1. The molecule has 6 heteroatoms. The Balaban J connectivity index is 2.65. The van der Waals surface area contributed by atoms with Crippen molar-refractivity contribution in [3.05, 3.63) is 18.1 Å². The molecule has 1 aliphatic rings. The summed E-state index contributed by atoms with van der Waals surface area (Å²) in [5.74, 6) is 0.718. The molecule has 0 aromatic carbocycles. The number of aromatic nitrogens is 2. The highest BCUT2D eigenvalue weighted by molar-refractivity contribution is 7.90. The predicted molar refractivity (Wildman–Crippen MR) is 44.6 cm³/mol. The van der Waals surface area contributed by atoms with Crippen molar-refractivity contribution in [1.29, 1.82) is 4.78 Å². The third-order valence-corrected chi connectivity index (χ3v) is 2.66. The van der Waals surface area contributed by atoms with Crippen molar-refractivity contribution in [1.82, 2.24) is 9.55 Å². The number of nitrogens with two attached hydrogens (primary N) is 1. The summed E-state index contributed by atoms with van der Waals surface area (Å²) < 4.78 is 20.0. The van der Waals surface area contributed by atoms with E-state index in [0.717, 1.165) is 5.82 Å². The molecule has 0 radical (unpaired) electrons. The second-order valence-corrected chi connectivity index (χ2v) is 4.19. The summed E-state index contributed by atoms with van der Waals surface area (Å²) in [6.07, 6.45) is 5.10. The van der Waals surface area contributed by atoms with Crippen molar-refractivity contribution in [3.63, 3.8) is 0 Å². The van der Waals surface area contributed by atoms with Gasteiger partial charge in [0.1, 0.15) is 20.8 Å². The molecule has 1 aromatic heterocycles. The lowest BCUT2D eigenvalue weighted by Gasteiger charge is -2.02. The van der Waals surface area contributed by atoms with Gasteiger partial charge in [0, 0.05) is 6.54 Å². The lowest BCUT2D eigenvalue weighted by Crippen LogP contribution is -2.15. The number of imidazole rings is 1. The fourth-order valence-electron chi connectivity index (χ4n) is 1.20. The second kappa shape index (κ2) is 2.18. The van der Waals surface area contributed by atoms with Crippen LogP contribution in [0, 0.1) is 4.78 Å². The first-order chi connectivity index (χ1) is 5.59. The summed E-state index contributed by atoms with van der Waals surface area (Å²) in [7, 11) is -3.12. The van der Waals surface area contributed by atoms with Gasteiger partial charge < -0.3 is 4.57 Å². The smallest absolute Gasteiger partial charge is 0.150 e. The molecule has 0 bridgehead atoms. The van der Waals surface area contributed by atoms with E-state index >= 15 is 0 Å². The summed E-state index contributed by atoms with van der Waals surface area (Å²) in [5.41, 5.74) is 0. The molecule has 0 saturated heterocycles. The van der Waals surface area contributed by atoms with Crippen LogP contribution in [0.5, 0.6) is 0 Å². The van der Waals surface area contributed by atoms with Gasteiger partial charge in [-0.3, -0.25) is 0 Å². The van der Waals surface area contributed by atoms with Crippen molar-refractivity contribution in [2.45, 2.75) is 11.6 Å². The van der Waals surface area contributed by atoms with Crippen molar-refractivity contribution in [3.8, 4) is 0 Å². The van der Waals surface area contributed by atoms with Crippen LogP contribution in [0.3, 0.4) is 0 Å². The van der Waals surface area contributed by atoms with Crippen LogP contribution in [-0.2, 0) is 16.5 Å². The summed E-state index contributed by atoms with van der Waals surface area (Å²) in [6.45, 7) is 0.609. The molecule has 2 heterocycles. The maximum Gasteiger partial charge on any atom is 0.150 e. The Morgan fingerprint density at radius 1 is 1.75 bits per heavy atom. The summed E-state index contributed by atoms with van der Waals surface area (Å²) in [4.78, 5) is 3.96. The van der Waals surface area contributed by atoms with Crippen LogP contribution in [0.25, 0.3) is 6.08 Å². The van der Waals surface area contributed by atoms with Gasteiger partial charge in [-0.2, -0.15) is 0 Å². The first-order valence-corrected chi connectivity index (χ1v) is 5.00. The van der Waals surface area contributed by atoms with Crippen LogP contribution in [0.15, 0.2) is 17.3 Å². The van der Waals surface area contributed by atoms with Crippen molar-refractivity contribution < 1.29 is 4.21 Å². The quantitative estimate of drug-likeness (QED) is 0.652. The minimum atomic E-state index is -3.12. The van der Waals surface area contributed by atoms with E-state index in [2.05, 4.69) is 4.98 Å². The Hall–Kier alpha value is -1.14. The molecule has 12 heavy (non-hydrogen) atoms. The van der Waals surface area contributed by atoms with E-state index in [4.69, 9.17) is 9.92 Å². The Morgan fingerprint density at radius 2 is 2.50 bits per heavy atom. The van der Waals surface area contributed by atoms with Crippen LogP contribution >= 0.6 is 0 Å². The van der Waals surface area contributed by atoms with Crippen molar-refractivity contribution in [2.24, 2.45) is 5.14 Å². The Morgan fingerprint density at radius 3 is 3.17 bits per heavy atom. The SMILES string of the molecule is N=S(N)(=O)c1cnc2n1CC=C2. The zero-order valence-electron chi connectivity index (χ0n) is 6.23. The lowest BCUT2D eigenvalue weighted by atomic mass is 10.5. The van der Waals surface area contributed by atoms with E-state index in [1.807, 2.05) is 12.2 Å². The molecule has 0 fully saturated rings. The van der Waals surface area contributed by atoms with Gasteiger partial charge in [0.15, 0.2) is 0 Å². The highest BCUT2D eigenvalue weighted by Crippen LogP contribution is 2.16. The molecule has 0 spiro atoms. The standard InChI is InChI=1S/C6H8N4OS/c7-12(8,11)6-4-9-5-2-1-3-10(5)6/h1-2,4H,3H2,(H3,7,8,11). The van der Waals surface area contributed by atoms with Gasteiger partial charge >= 0.3 is 0 Å². The van der Waals surface area contributed by atoms with Crippen LogP contribution in [-0.4, -0.2) is 13.8 Å². The first kappa shape index (κ1) is 7.51. The molecule has 64 valence electrons. The summed E-state index contributed by atoms with van der Waals surface area (Å²) in [5, 5.41) is 5.47. The predicted octanol–water partition coefficient (Wildman–Crippen LogP) is 0.189. The average molecular weight is 184 g/mol. The van der Waals surface area contributed by atoms with E-state index in [-0.39, 0.29) is 0 Å². The highest BCUT2D eigenvalue weighted by atomic mass is 32.2. The van der Waals surface area contributed by atoms with E-state index < -0.39 is 9.92 Å². The monoisotopic (exact) mass is 184 g/mol. The van der Waals surface area contributed by atoms with Crippen LogP contribution in [0.4, 0.5) is 0 Å². The molecular weight excluding hydrogens is 176 g/mol. The number of hydrogen-bond donors (Lipinski definition) is 2. The van der Waals surface area contributed by atoms with E-state index in [1.165, 1.54) is 6.20 Å². The Labute approximate surface area is 70.0 Å².